The van der Waals surface area contributed by atoms with E-state index in [1.807, 2.05) is 0 Å². The maximum absolute atomic E-state index is 9.92. The summed E-state index contributed by atoms with van der Waals surface area (Å²) in [7, 11) is 0. The fourth-order valence-electron chi connectivity index (χ4n) is 2.71. The first-order valence-electron chi connectivity index (χ1n) is 9.70. The number of allylic oxidation sites excluding steroid dienone is 1. The summed E-state index contributed by atoms with van der Waals surface area (Å²) in [5.74, 6) is 0.813. The summed E-state index contributed by atoms with van der Waals surface area (Å²) in [4.78, 5) is 0. The summed E-state index contributed by atoms with van der Waals surface area (Å²) < 4.78 is 0. The highest BCUT2D eigenvalue weighted by Gasteiger charge is 2.01. The average Bonchev–Trinajstić information content (AvgIpc) is 2.48. The van der Waals surface area contributed by atoms with Crippen LogP contribution in [0.15, 0.2) is 12.2 Å². The van der Waals surface area contributed by atoms with Crippen LogP contribution in [0, 0.1) is 5.92 Å². The quantitative estimate of drug-likeness (QED) is 0.288. The summed E-state index contributed by atoms with van der Waals surface area (Å²) in [6.07, 6.45) is 20.1. The van der Waals surface area contributed by atoms with Gasteiger partial charge in [0.1, 0.15) is 0 Å². The summed E-state index contributed by atoms with van der Waals surface area (Å²) >= 11 is 0. The van der Waals surface area contributed by atoms with Crippen molar-refractivity contribution >= 4 is 0 Å². The lowest BCUT2D eigenvalue weighted by Crippen LogP contribution is -2.04. The van der Waals surface area contributed by atoms with Crippen molar-refractivity contribution in [2.75, 3.05) is 6.54 Å². The second kappa shape index (κ2) is 17.0. The Balaban J connectivity index is 3.26. The molecule has 0 rings (SSSR count). The molecule has 0 unspecified atom stereocenters. The van der Waals surface area contributed by atoms with Crippen molar-refractivity contribution in [2.24, 2.45) is 11.7 Å². The number of aliphatic hydroxyl groups excluding tert-OH is 1. The molecule has 22 heavy (non-hydrogen) atoms. The molecule has 1 atom stereocenters. The SMILES string of the molecule is CC(C)CCCCC[C@@H](O)C/C=C\CCCCCCCCN. The van der Waals surface area contributed by atoms with Crippen molar-refractivity contribution in [3.05, 3.63) is 12.2 Å². The Hall–Kier alpha value is -0.340. The highest BCUT2D eigenvalue weighted by atomic mass is 16.3. The standard InChI is InChI=1S/C20H41NO/c1-19(2)15-11-10-13-17-20(22)16-12-8-6-4-3-5-7-9-14-18-21/h8,12,19-20,22H,3-7,9-11,13-18,21H2,1-2H3/b12-8-/t20-/m0/s1. The second-order valence-corrected chi connectivity index (χ2v) is 7.09. The van der Waals surface area contributed by atoms with Crippen LogP contribution >= 0.6 is 0 Å². The molecule has 0 aromatic carbocycles. The zero-order valence-electron chi connectivity index (χ0n) is 15.2. The van der Waals surface area contributed by atoms with Gasteiger partial charge in [0, 0.05) is 0 Å². The summed E-state index contributed by atoms with van der Waals surface area (Å²) in [5.41, 5.74) is 5.48. The van der Waals surface area contributed by atoms with E-state index in [9.17, 15) is 5.11 Å². The molecule has 3 N–H and O–H groups in total. The lowest BCUT2D eigenvalue weighted by atomic mass is 10.0. The zero-order chi connectivity index (χ0) is 16.5. The smallest absolute Gasteiger partial charge is 0.0574 e. The molecule has 0 aliphatic rings. The lowest BCUT2D eigenvalue weighted by Gasteiger charge is -2.08. The molecule has 0 spiro atoms. The van der Waals surface area contributed by atoms with Crippen molar-refractivity contribution < 1.29 is 5.11 Å². The summed E-state index contributed by atoms with van der Waals surface area (Å²) in [5, 5.41) is 9.92. The minimum atomic E-state index is -0.133. The molecule has 0 aromatic rings. The Labute approximate surface area is 139 Å². The highest BCUT2D eigenvalue weighted by molar-refractivity contribution is 4.84. The first kappa shape index (κ1) is 21.7. The fourth-order valence-corrected chi connectivity index (χ4v) is 2.71. The Morgan fingerprint density at radius 3 is 2.05 bits per heavy atom. The monoisotopic (exact) mass is 311 g/mol. The van der Waals surface area contributed by atoms with E-state index in [1.54, 1.807) is 0 Å². The predicted molar refractivity (Wildman–Crippen MR) is 99.1 cm³/mol. The van der Waals surface area contributed by atoms with Crippen LogP contribution in [0.1, 0.15) is 97.3 Å². The van der Waals surface area contributed by atoms with Gasteiger partial charge in [-0.05, 0) is 44.6 Å². The number of aliphatic hydroxyl groups is 1. The number of hydrogen-bond acceptors (Lipinski definition) is 2. The Morgan fingerprint density at radius 1 is 0.773 bits per heavy atom. The maximum Gasteiger partial charge on any atom is 0.0574 e. The molecule has 0 saturated heterocycles. The Morgan fingerprint density at radius 2 is 1.36 bits per heavy atom. The van der Waals surface area contributed by atoms with E-state index in [2.05, 4.69) is 26.0 Å². The van der Waals surface area contributed by atoms with E-state index >= 15 is 0 Å². The normalized spacial score (nSPS) is 13.3. The topological polar surface area (TPSA) is 46.2 Å². The molecule has 0 saturated carbocycles. The van der Waals surface area contributed by atoms with Gasteiger partial charge >= 0.3 is 0 Å². The van der Waals surface area contributed by atoms with Crippen LogP contribution in [0.25, 0.3) is 0 Å². The fraction of sp³-hybridized carbons (Fsp3) is 0.900. The van der Waals surface area contributed by atoms with E-state index in [0.29, 0.717) is 0 Å². The minimum Gasteiger partial charge on any atom is -0.393 e. The molecule has 132 valence electrons. The van der Waals surface area contributed by atoms with Gasteiger partial charge in [0.25, 0.3) is 0 Å². The van der Waals surface area contributed by atoms with Crippen molar-refractivity contribution in [3.63, 3.8) is 0 Å². The van der Waals surface area contributed by atoms with Crippen LogP contribution in [0.4, 0.5) is 0 Å². The largest absolute Gasteiger partial charge is 0.393 e. The average molecular weight is 312 g/mol. The van der Waals surface area contributed by atoms with Crippen LogP contribution in [0.5, 0.6) is 0 Å². The summed E-state index contributed by atoms with van der Waals surface area (Å²) in [6, 6.07) is 0. The molecular weight excluding hydrogens is 270 g/mol. The van der Waals surface area contributed by atoms with Gasteiger partial charge in [-0.15, -0.1) is 0 Å². The maximum atomic E-state index is 9.92. The van der Waals surface area contributed by atoms with E-state index in [1.165, 1.54) is 64.2 Å². The third-order valence-electron chi connectivity index (χ3n) is 4.22. The molecule has 2 nitrogen and oxygen atoms in total. The van der Waals surface area contributed by atoms with Gasteiger partial charge in [0.2, 0.25) is 0 Å². The first-order chi connectivity index (χ1) is 10.7. The van der Waals surface area contributed by atoms with E-state index in [-0.39, 0.29) is 6.10 Å². The lowest BCUT2D eigenvalue weighted by molar-refractivity contribution is 0.163. The van der Waals surface area contributed by atoms with Crippen LogP contribution in [0.3, 0.4) is 0 Å². The van der Waals surface area contributed by atoms with Crippen molar-refractivity contribution in [1.29, 1.82) is 0 Å². The third-order valence-corrected chi connectivity index (χ3v) is 4.22. The minimum absolute atomic E-state index is 0.133. The van der Waals surface area contributed by atoms with Gasteiger partial charge in [0.05, 0.1) is 6.10 Å². The molecule has 2 heteroatoms. The van der Waals surface area contributed by atoms with Gasteiger partial charge in [-0.3, -0.25) is 0 Å². The molecule has 0 amide bonds. The van der Waals surface area contributed by atoms with E-state index in [0.717, 1.165) is 31.7 Å². The highest BCUT2D eigenvalue weighted by Crippen LogP contribution is 2.12. The molecule has 0 aliphatic heterocycles. The number of nitrogens with two attached hydrogens (primary N) is 1. The van der Waals surface area contributed by atoms with Crippen LogP contribution < -0.4 is 5.73 Å². The van der Waals surface area contributed by atoms with Crippen LogP contribution in [-0.2, 0) is 0 Å². The number of unbranched alkanes of at least 4 members (excludes halogenated alkanes) is 8. The Kier molecular flexibility index (Phi) is 16.8. The van der Waals surface area contributed by atoms with Crippen LogP contribution in [-0.4, -0.2) is 17.8 Å². The van der Waals surface area contributed by atoms with Gasteiger partial charge in [-0.1, -0.05) is 77.4 Å². The third kappa shape index (κ3) is 17.7. The van der Waals surface area contributed by atoms with Gasteiger partial charge < -0.3 is 10.8 Å². The van der Waals surface area contributed by atoms with Crippen LogP contribution in [0.2, 0.25) is 0 Å². The summed E-state index contributed by atoms with van der Waals surface area (Å²) in [6.45, 7) is 5.39. The van der Waals surface area contributed by atoms with Gasteiger partial charge in [0.15, 0.2) is 0 Å². The first-order valence-corrected chi connectivity index (χ1v) is 9.70. The molecule has 0 radical (unpaired) electrons. The van der Waals surface area contributed by atoms with E-state index < -0.39 is 0 Å². The molecule has 0 aliphatic carbocycles. The van der Waals surface area contributed by atoms with Crippen molar-refractivity contribution in [3.8, 4) is 0 Å². The van der Waals surface area contributed by atoms with Crippen molar-refractivity contribution in [1.82, 2.24) is 0 Å². The number of hydrogen-bond donors (Lipinski definition) is 2. The Bertz CT molecular complexity index is 238. The predicted octanol–water partition coefficient (Wildman–Crippen LogP) is 5.59. The molecule has 0 bridgehead atoms. The zero-order valence-corrected chi connectivity index (χ0v) is 15.2. The van der Waals surface area contributed by atoms with Gasteiger partial charge in [-0.25, -0.2) is 0 Å². The second-order valence-electron chi connectivity index (χ2n) is 7.09. The molecule has 0 aromatic heterocycles. The van der Waals surface area contributed by atoms with Gasteiger partial charge in [-0.2, -0.15) is 0 Å². The number of rotatable bonds is 16. The molecule has 0 heterocycles. The van der Waals surface area contributed by atoms with Crippen molar-refractivity contribution in [2.45, 2.75) is 103 Å². The van der Waals surface area contributed by atoms with E-state index in [4.69, 9.17) is 5.73 Å². The molecular formula is C20H41NO. The molecule has 0 fully saturated rings.